The molecule has 0 N–H and O–H groups in total. The van der Waals surface area contributed by atoms with Crippen LogP contribution in [0.25, 0.3) is 0 Å². The number of rotatable bonds is 7. The van der Waals surface area contributed by atoms with Crippen molar-refractivity contribution in [3.8, 4) is 0 Å². The Morgan fingerprint density at radius 3 is 2.47 bits per heavy atom. The first-order valence-electron chi connectivity index (χ1n) is 5.98. The smallest absolute Gasteiger partial charge is 0.305 e. The third-order valence-electron chi connectivity index (χ3n) is 2.70. The lowest BCUT2D eigenvalue weighted by molar-refractivity contribution is -0.140. The number of carbonyl (C=O) groups is 1. The number of alkyl halides is 1. The van der Waals surface area contributed by atoms with Gasteiger partial charge in [-0.1, -0.05) is 24.6 Å². The van der Waals surface area contributed by atoms with Crippen LogP contribution >= 0.6 is 11.6 Å². The van der Waals surface area contributed by atoms with E-state index in [1.165, 1.54) is 19.2 Å². The third-order valence-corrected chi connectivity index (χ3v) is 5.46. The molecular formula is C13H17ClO4S. The monoisotopic (exact) mass is 304 g/mol. The van der Waals surface area contributed by atoms with Crippen LogP contribution in [0.2, 0.25) is 0 Å². The van der Waals surface area contributed by atoms with E-state index in [0.717, 1.165) is 0 Å². The Balaban J connectivity index is 2.49. The maximum atomic E-state index is 12.1. The lowest BCUT2D eigenvalue weighted by Gasteiger charge is -2.10. The summed E-state index contributed by atoms with van der Waals surface area (Å²) >= 11 is 5.95. The van der Waals surface area contributed by atoms with Gasteiger partial charge in [-0.2, -0.15) is 0 Å². The molecule has 106 valence electrons. The highest BCUT2D eigenvalue weighted by Gasteiger charge is 2.24. The molecule has 19 heavy (non-hydrogen) atoms. The van der Waals surface area contributed by atoms with Crippen molar-refractivity contribution < 1.29 is 17.9 Å². The zero-order valence-corrected chi connectivity index (χ0v) is 12.3. The predicted octanol–water partition coefficient (Wildman–Crippen LogP) is 2.76. The molecule has 0 aliphatic rings. The Bertz CT molecular complexity index is 499. The topological polar surface area (TPSA) is 60.4 Å². The van der Waals surface area contributed by atoms with Crippen LogP contribution in [0.1, 0.15) is 25.7 Å². The molecule has 0 radical (unpaired) electrons. The van der Waals surface area contributed by atoms with Gasteiger partial charge >= 0.3 is 5.97 Å². The number of benzene rings is 1. The van der Waals surface area contributed by atoms with E-state index < -0.39 is 14.5 Å². The van der Waals surface area contributed by atoms with E-state index >= 15 is 0 Å². The van der Waals surface area contributed by atoms with Crippen LogP contribution in [0, 0.1) is 0 Å². The van der Waals surface area contributed by atoms with Gasteiger partial charge in [0.15, 0.2) is 9.84 Å². The molecule has 0 bridgehead atoms. The van der Waals surface area contributed by atoms with Crippen molar-refractivity contribution in [1.82, 2.24) is 0 Å². The fraction of sp³-hybridized carbons (Fsp3) is 0.462. The SMILES string of the molecule is COC(=O)CCCCC(Cl)S(=O)(=O)c1ccccc1. The van der Waals surface area contributed by atoms with Crippen LogP contribution < -0.4 is 0 Å². The second kappa shape index (κ2) is 7.50. The Morgan fingerprint density at radius 1 is 1.26 bits per heavy atom. The first kappa shape index (κ1) is 16.0. The fourth-order valence-corrected chi connectivity index (χ4v) is 3.36. The summed E-state index contributed by atoms with van der Waals surface area (Å²) in [6.45, 7) is 0. The second-order valence-corrected chi connectivity index (χ2v) is 7.01. The van der Waals surface area contributed by atoms with Gasteiger partial charge in [0.25, 0.3) is 0 Å². The Morgan fingerprint density at radius 2 is 1.89 bits per heavy atom. The fourth-order valence-electron chi connectivity index (χ4n) is 1.59. The minimum Gasteiger partial charge on any atom is -0.469 e. The zero-order chi connectivity index (χ0) is 14.3. The van der Waals surface area contributed by atoms with Gasteiger partial charge in [0.05, 0.1) is 12.0 Å². The van der Waals surface area contributed by atoms with Crippen molar-refractivity contribution in [2.45, 2.75) is 35.3 Å². The van der Waals surface area contributed by atoms with Crippen molar-refractivity contribution in [2.75, 3.05) is 7.11 Å². The number of hydrogen-bond acceptors (Lipinski definition) is 4. The normalized spacial score (nSPS) is 12.9. The predicted molar refractivity (Wildman–Crippen MR) is 73.8 cm³/mol. The van der Waals surface area contributed by atoms with Crippen molar-refractivity contribution in [2.24, 2.45) is 0 Å². The Kier molecular flexibility index (Phi) is 6.31. The van der Waals surface area contributed by atoms with Crippen LogP contribution in [-0.4, -0.2) is 26.2 Å². The zero-order valence-electron chi connectivity index (χ0n) is 10.7. The molecule has 0 fully saturated rings. The summed E-state index contributed by atoms with van der Waals surface area (Å²) < 4.78 is 27.7. The van der Waals surface area contributed by atoms with E-state index in [1.807, 2.05) is 0 Å². The molecule has 1 aromatic rings. The van der Waals surface area contributed by atoms with Gasteiger partial charge in [-0.3, -0.25) is 4.79 Å². The average molecular weight is 305 g/mol. The number of unbranched alkanes of at least 4 members (excludes halogenated alkanes) is 1. The minimum absolute atomic E-state index is 0.225. The number of halogens is 1. The summed E-state index contributed by atoms with van der Waals surface area (Å²) in [5.41, 5.74) is 0. The molecule has 1 atom stereocenters. The third kappa shape index (κ3) is 4.84. The largest absolute Gasteiger partial charge is 0.469 e. The number of methoxy groups -OCH3 is 1. The van der Waals surface area contributed by atoms with E-state index in [4.69, 9.17) is 11.6 Å². The number of carbonyl (C=O) groups excluding carboxylic acids is 1. The van der Waals surface area contributed by atoms with Gasteiger partial charge in [-0.05, 0) is 25.0 Å². The molecule has 6 heteroatoms. The van der Waals surface area contributed by atoms with E-state index in [1.54, 1.807) is 18.2 Å². The van der Waals surface area contributed by atoms with Crippen LogP contribution in [0.15, 0.2) is 35.2 Å². The van der Waals surface area contributed by atoms with Crippen LogP contribution in [-0.2, 0) is 19.4 Å². The van der Waals surface area contributed by atoms with E-state index in [0.29, 0.717) is 19.3 Å². The van der Waals surface area contributed by atoms with Crippen molar-refractivity contribution in [3.05, 3.63) is 30.3 Å². The molecule has 1 unspecified atom stereocenters. The van der Waals surface area contributed by atoms with Gasteiger partial charge < -0.3 is 4.74 Å². The number of ether oxygens (including phenoxy) is 1. The van der Waals surface area contributed by atoms with E-state index in [9.17, 15) is 13.2 Å². The summed E-state index contributed by atoms with van der Waals surface area (Å²) in [6.07, 6.45) is 1.73. The molecule has 1 aromatic carbocycles. The minimum atomic E-state index is -3.50. The van der Waals surface area contributed by atoms with Crippen LogP contribution in [0.4, 0.5) is 0 Å². The highest BCUT2D eigenvalue weighted by Crippen LogP contribution is 2.23. The molecule has 0 saturated heterocycles. The maximum Gasteiger partial charge on any atom is 0.305 e. The Hall–Kier alpha value is -1.07. The molecule has 0 spiro atoms. The summed E-state index contributed by atoms with van der Waals surface area (Å²) in [5, 5.41) is 0. The first-order chi connectivity index (χ1) is 8.98. The van der Waals surface area contributed by atoms with Gasteiger partial charge in [0.1, 0.15) is 4.71 Å². The van der Waals surface area contributed by atoms with Gasteiger partial charge in [-0.15, -0.1) is 11.6 Å². The molecule has 1 rings (SSSR count). The quantitative estimate of drug-likeness (QED) is 0.441. The van der Waals surface area contributed by atoms with Crippen LogP contribution in [0.3, 0.4) is 0 Å². The standard InChI is InChI=1S/C13H17ClO4S/c1-18-13(15)10-6-5-9-12(14)19(16,17)11-7-3-2-4-8-11/h2-4,7-8,12H,5-6,9-10H2,1H3. The van der Waals surface area contributed by atoms with Crippen molar-refractivity contribution in [3.63, 3.8) is 0 Å². The Labute approximate surface area is 118 Å². The highest BCUT2D eigenvalue weighted by molar-refractivity contribution is 7.93. The summed E-state index contributed by atoms with van der Waals surface area (Å²) in [4.78, 5) is 11.1. The molecule has 0 amide bonds. The van der Waals surface area contributed by atoms with E-state index in [2.05, 4.69) is 4.74 Å². The lowest BCUT2D eigenvalue weighted by atomic mass is 10.2. The molecule has 0 saturated carbocycles. The number of esters is 1. The summed E-state index contributed by atoms with van der Waals surface area (Å²) in [7, 11) is -2.17. The molecule has 0 aliphatic carbocycles. The van der Waals surface area contributed by atoms with Crippen LogP contribution in [0.5, 0.6) is 0 Å². The van der Waals surface area contributed by atoms with Crippen molar-refractivity contribution >= 4 is 27.4 Å². The number of sulfone groups is 1. The maximum absolute atomic E-state index is 12.1. The molecule has 0 aromatic heterocycles. The van der Waals surface area contributed by atoms with Gasteiger partial charge in [0, 0.05) is 6.42 Å². The van der Waals surface area contributed by atoms with Crippen molar-refractivity contribution in [1.29, 1.82) is 0 Å². The molecule has 4 nitrogen and oxygen atoms in total. The number of hydrogen-bond donors (Lipinski definition) is 0. The second-order valence-electron chi connectivity index (χ2n) is 4.09. The molecular weight excluding hydrogens is 288 g/mol. The summed E-state index contributed by atoms with van der Waals surface area (Å²) in [5.74, 6) is -0.294. The van der Waals surface area contributed by atoms with Gasteiger partial charge in [-0.25, -0.2) is 8.42 Å². The first-order valence-corrected chi connectivity index (χ1v) is 7.96. The lowest BCUT2D eigenvalue weighted by Crippen LogP contribution is -2.15. The molecule has 0 heterocycles. The highest BCUT2D eigenvalue weighted by atomic mass is 35.5. The van der Waals surface area contributed by atoms with E-state index in [-0.39, 0.29) is 17.3 Å². The average Bonchev–Trinajstić information content (AvgIpc) is 2.43. The summed E-state index contributed by atoms with van der Waals surface area (Å²) in [6, 6.07) is 8.12. The molecule has 0 aliphatic heterocycles. The van der Waals surface area contributed by atoms with Gasteiger partial charge in [0.2, 0.25) is 0 Å².